The van der Waals surface area contributed by atoms with Crippen molar-refractivity contribution in [3.05, 3.63) is 0 Å². The van der Waals surface area contributed by atoms with E-state index in [0.717, 1.165) is 0 Å². The lowest BCUT2D eigenvalue weighted by Crippen LogP contribution is -2.53. The van der Waals surface area contributed by atoms with Crippen molar-refractivity contribution in [2.24, 2.45) is 0 Å². The normalized spacial score (nSPS) is 14.8. The molecule has 0 bridgehead atoms. The van der Waals surface area contributed by atoms with Crippen LogP contribution in [-0.2, 0) is 14.4 Å². The number of nitrogens with one attached hydrogen (secondary N) is 1. The highest BCUT2D eigenvalue weighted by Gasteiger charge is 2.28. The zero-order chi connectivity index (χ0) is 15.1. The summed E-state index contributed by atoms with van der Waals surface area (Å²) in [6.45, 7) is 4.74. The highest BCUT2D eigenvalue weighted by atomic mass is 16.2. The van der Waals surface area contributed by atoms with Gasteiger partial charge in [-0.25, -0.2) is 0 Å². The molecule has 1 fully saturated rings. The van der Waals surface area contributed by atoms with Crippen LogP contribution in [-0.4, -0.2) is 85.8 Å². The highest BCUT2D eigenvalue weighted by Crippen LogP contribution is 2.01. The molecule has 1 rings (SSSR count). The summed E-state index contributed by atoms with van der Waals surface area (Å²) in [6.07, 6.45) is 0.710. The topological polar surface area (TPSA) is 73.0 Å². The quantitative estimate of drug-likeness (QED) is 0.654. The molecule has 0 aromatic rings. The summed E-state index contributed by atoms with van der Waals surface area (Å²) in [5, 5.41) is 3.13. The molecule has 1 heterocycles. The number of carbonyl (C=O) groups excluding carboxylic acids is 3. The van der Waals surface area contributed by atoms with E-state index in [0.29, 0.717) is 39.1 Å². The number of hydrogen-bond donors (Lipinski definition) is 1. The van der Waals surface area contributed by atoms with Gasteiger partial charge in [0.1, 0.15) is 6.54 Å². The van der Waals surface area contributed by atoms with Gasteiger partial charge in [0.05, 0.1) is 0 Å². The lowest BCUT2D eigenvalue weighted by atomic mass is 10.3. The summed E-state index contributed by atoms with van der Waals surface area (Å²) in [5.41, 5.74) is 0. The fourth-order valence-electron chi connectivity index (χ4n) is 1.97. The van der Waals surface area contributed by atoms with Crippen LogP contribution in [0, 0.1) is 0 Å². The largest absolute Gasteiger partial charge is 0.347 e. The molecule has 0 radical (unpaired) electrons. The third-order valence-electron chi connectivity index (χ3n) is 3.19. The molecule has 20 heavy (non-hydrogen) atoms. The second-order valence-electron chi connectivity index (χ2n) is 5.06. The van der Waals surface area contributed by atoms with Gasteiger partial charge < -0.3 is 20.0 Å². The van der Waals surface area contributed by atoms with Crippen LogP contribution in [0.4, 0.5) is 0 Å². The zero-order valence-corrected chi connectivity index (χ0v) is 12.5. The van der Waals surface area contributed by atoms with Gasteiger partial charge in [-0.15, -0.1) is 0 Å². The van der Waals surface area contributed by atoms with Crippen molar-refractivity contribution in [1.29, 1.82) is 0 Å². The maximum absolute atomic E-state index is 12.2. The number of likely N-dealkylation sites (N-methyl/N-ethyl adjacent to an activating group) is 1. The fraction of sp³-hybridized carbons (Fsp3) is 0.769. The van der Waals surface area contributed by atoms with Gasteiger partial charge in [0.25, 0.3) is 0 Å². The number of rotatable bonds is 4. The smallest absolute Gasteiger partial charge is 0.312 e. The number of amides is 3. The molecule has 1 N–H and O–H groups in total. The van der Waals surface area contributed by atoms with E-state index >= 15 is 0 Å². The molecule has 3 amide bonds. The standard InChI is InChI=1S/C13H24N4O3/c1-4-7-17(10-11(18)15(2)3)13(20)12(19)16-8-5-14-6-9-16/h14H,4-10H2,1-3H3. The van der Waals surface area contributed by atoms with E-state index < -0.39 is 11.8 Å². The minimum absolute atomic E-state index is 0.0441. The Labute approximate surface area is 119 Å². The number of carbonyl (C=O) groups is 3. The van der Waals surface area contributed by atoms with E-state index in [9.17, 15) is 14.4 Å². The van der Waals surface area contributed by atoms with Gasteiger partial charge in [0.15, 0.2) is 0 Å². The molecule has 1 aliphatic rings. The monoisotopic (exact) mass is 284 g/mol. The average molecular weight is 284 g/mol. The summed E-state index contributed by atoms with van der Waals surface area (Å²) >= 11 is 0. The lowest BCUT2D eigenvalue weighted by molar-refractivity contribution is -0.153. The minimum Gasteiger partial charge on any atom is -0.347 e. The van der Waals surface area contributed by atoms with E-state index in [1.54, 1.807) is 19.0 Å². The van der Waals surface area contributed by atoms with Gasteiger partial charge in [-0.2, -0.15) is 0 Å². The molecule has 114 valence electrons. The summed E-state index contributed by atoms with van der Waals surface area (Å²) in [7, 11) is 3.27. The molecule has 0 aromatic heterocycles. The van der Waals surface area contributed by atoms with Crippen LogP contribution in [0.2, 0.25) is 0 Å². The van der Waals surface area contributed by atoms with E-state index in [4.69, 9.17) is 0 Å². The molecular formula is C13H24N4O3. The Morgan fingerprint density at radius 1 is 1.15 bits per heavy atom. The predicted octanol–water partition coefficient (Wildman–Crippen LogP) is -1.25. The van der Waals surface area contributed by atoms with Crippen molar-refractivity contribution < 1.29 is 14.4 Å². The van der Waals surface area contributed by atoms with Crippen LogP contribution in [0.15, 0.2) is 0 Å². The van der Waals surface area contributed by atoms with Crippen molar-refractivity contribution in [2.75, 3.05) is 53.4 Å². The van der Waals surface area contributed by atoms with E-state index in [1.165, 1.54) is 9.80 Å². The molecule has 0 aliphatic carbocycles. The van der Waals surface area contributed by atoms with Crippen LogP contribution in [0.1, 0.15) is 13.3 Å². The Kier molecular flexibility index (Phi) is 6.44. The molecule has 7 heteroatoms. The van der Waals surface area contributed by atoms with Crippen molar-refractivity contribution in [1.82, 2.24) is 20.0 Å². The van der Waals surface area contributed by atoms with Gasteiger partial charge >= 0.3 is 11.8 Å². The molecule has 0 spiro atoms. The van der Waals surface area contributed by atoms with E-state index in [2.05, 4.69) is 5.32 Å². The van der Waals surface area contributed by atoms with Crippen LogP contribution >= 0.6 is 0 Å². The Hall–Kier alpha value is -1.63. The predicted molar refractivity (Wildman–Crippen MR) is 75.0 cm³/mol. The van der Waals surface area contributed by atoms with Crippen LogP contribution in [0.25, 0.3) is 0 Å². The van der Waals surface area contributed by atoms with E-state index in [1.807, 2.05) is 6.92 Å². The molecule has 1 saturated heterocycles. The molecule has 0 aromatic carbocycles. The first-order chi connectivity index (χ1) is 9.47. The third-order valence-corrected chi connectivity index (χ3v) is 3.19. The summed E-state index contributed by atoms with van der Waals surface area (Å²) < 4.78 is 0. The maximum Gasteiger partial charge on any atom is 0.312 e. The molecule has 0 unspecified atom stereocenters. The van der Waals surface area contributed by atoms with Gasteiger partial charge in [-0.3, -0.25) is 14.4 Å². The first-order valence-electron chi connectivity index (χ1n) is 6.96. The van der Waals surface area contributed by atoms with Crippen molar-refractivity contribution >= 4 is 17.7 Å². The summed E-state index contributed by atoms with van der Waals surface area (Å²) in [5.74, 6) is -1.27. The molecular weight excluding hydrogens is 260 g/mol. The fourth-order valence-corrected chi connectivity index (χ4v) is 1.97. The Morgan fingerprint density at radius 3 is 2.25 bits per heavy atom. The summed E-state index contributed by atoms with van der Waals surface area (Å²) in [4.78, 5) is 40.4. The molecule has 0 saturated carbocycles. The minimum atomic E-state index is -0.580. The highest BCUT2D eigenvalue weighted by molar-refractivity contribution is 6.35. The second-order valence-corrected chi connectivity index (χ2v) is 5.06. The van der Waals surface area contributed by atoms with Gasteiger partial charge in [-0.1, -0.05) is 6.92 Å². The number of hydrogen-bond acceptors (Lipinski definition) is 4. The zero-order valence-electron chi connectivity index (χ0n) is 12.5. The third kappa shape index (κ3) is 4.48. The first-order valence-corrected chi connectivity index (χ1v) is 6.96. The molecule has 0 atom stereocenters. The van der Waals surface area contributed by atoms with Gasteiger partial charge in [0, 0.05) is 46.8 Å². The maximum atomic E-state index is 12.2. The van der Waals surface area contributed by atoms with Crippen LogP contribution in [0.5, 0.6) is 0 Å². The Morgan fingerprint density at radius 2 is 1.75 bits per heavy atom. The second kappa shape index (κ2) is 7.84. The van der Waals surface area contributed by atoms with Crippen molar-refractivity contribution in [3.8, 4) is 0 Å². The lowest BCUT2D eigenvalue weighted by Gasteiger charge is -2.29. The van der Waals surface area contributed by atoms with Crippen molar-refractivity contribution in [3.63, 3.8) is 0 Å². The summed E-state index contributed by atoms with van der Waals surface area (Å²) in [6, 6.07) is 0. The van der Waals surface area contributed by atoms with E-state index in [-0.39, 0.29) is 12.5 Å². The Balaban J connectivity index is 2.66. The molecule has 7 nitrogen and oxygen atoms in total. The number of piperazine rings is 1. The van der Waals surface area contributed by atoms with Crippen molar-refractivity contribution in [2.45, 2.75) is 13.3 Å². The van der Waals surface area contributed by atoms with Crippen LogP contribution in [0.3, 0.4) is 0 Å². The van der Waals surface area contributed by atoms with Crippen LogP contribution < -0.4 is 5.32 Å². The van der Waals surface area contributed by atoms with Gasteiger partial charge in [0.2, 0.25) is 5.91 Å². The number of nitrogens with zero attached hydrogens (tertiary/aromatic N) is 3. The average Bonchev–Trinajstić information content (AvgIpc) is 2.46. The molecule has 1 aliphatic heterocycles. The van der Waals surface area contributed by atoms with Gasteiger partial charge in [-0.05, 0) is 6.42 Å². The Bertz CT molecular complexity index is 365. The first kappa shape index (κ1) is 16.4. The SMILES string of the molecule is CCCN(CC(=O)N(C)C)C(=O)C(=O)N1CCNCC1.